The Bertz CT molecular complexity index is 656. The predicted octanol–water partition coefficient (Wildman–Crippen LogP) is 3.93. The van der Waals surface area contributed by atoms with Crippen LogP contribution in [0.3, 0.4) is 0 Å². The number of Topliss-reactive ketones (excluding diaryl/α,β-unsaturated/α-hetero) is 1. The maximum absolute atomic E-state index is 11.3. The lowest BCUT2D eigenvalue weighted by Gasteiger charge is -2.13. The van der Waals surface area contributed by atoms with Crippen LogP contribution in [0.1, 0.15) is 22.8 Å². The summed E-state index contributed by atoms with van der Waals surface area (Å²) in [5.41, 5.74) is 1.78. The van der Waals surface area contributed by atoms with Gasteiger partial charge in [0.25, 0.3) is 0 Å². The number of ketones is 1. The maximum atomic E-state index is 11.3. The molecule has 1 aliphatic rings. The first-order valence-electron chi connectivity index (χ1n) is 6.81. The molecule has 1 unspecified atom stereocenters. The normalized spacial score (nSPS) is 16.2. The van der Waals surface area contributed by atoms with Crippen LogP contribution < -0.4 is 9.47 Å². The number of hydrogen-bond acceptors (Lipinski definition) is 3. The lowest BCUT2D eigenvalue weighted by molar-refractivity contribution is 0.101. The van der Waals surface area contributed by atoms with Crippen LogP contribution in [0.15, 0.2) is 42.5 Å². The van der Waals surface area contributed by atoms with Gasteiger partial charge < -0.3 is 9.47 Å². The van der Waals surface area contributed by atoms with Crippen molar-refractivity contribution in [2.45, 2.75) is 19.4 Å². The van der Waals surface area contributed by atoms with E-state index in [4.69, 9.17) is 21.1 Å². The fraction of sp³-hybridized carbons (Fsp3) is 0.235. The minimum Gasteiger partial charge on any atom is -0.488 e. The maximum Gasteiger partial charge on any atom is 0.159 e. The van der Waals surface area contributed by atoms with E-state index in [1.54, 1.807) is 18.2 Å². The summed E-state index contributed by atoms with van der Waals surface area (Å²) in [5.74, 6) is 1.48. The van der Waals surface area contributed by atoms with E-state index in [1.165, 1.54) is 12.5 Å². The number of carbonyl (C=O) groups excluding carboxylic acids is 1. The number of halogens is 1. The highest BCUT2D eigenvalue weighted by molar-refractivity contribution is 6.32. The van der Waals surface area contributed by atoms with Crippen LogP contribution in [-0.2, 0) is 6.42 Å². The number of para-hydroxylation sites is 1. The first-order chi connectivity index (χ1) is 10.1. The van der Waals surface area contributed by atoms with Crippen molar-refractivity contribution in [1.82, 2.24) is 0 Å². The van der Waals surface area contributed by atoms with Crippen molar-refractivity contribution in [1.29, 1.82) is 0 Å². The number of ether oxygens (including phenoxy) is 2. The van der Waals surface area contributed by atoms with Gasteiger partial charge in [0, 0.05) is 12.0 Å². The number of benzene rings is 2. The van der Waals surface area contributed by atoms with Gasteiger partial charge in [-0.15, -0.1) is 0 Å². The van der Waals surface area contributed by atoms with Gasteiger partial charge in [0.05, 0.1) is 5.02 Å². The Morgan fingerprint density at radius 1 is 1.33 bits per heavy atom. The average molecular weight is 303 g/mol. The topological polar surface area (TPSA) is 35.5 Å². The summed E-state index contributed by atoms with van der Waals surface area (Å²) in [6.45, 7) is 1.93. The molecule has 0 fully saturated rings. The van der Waals surface area contributed by atoms with E-state index in [2.05, 4.69) is 6.07 Å². The largest absolute Gasteiger partial charge is 0.488 e. The van der Waals surface area contributed by atoms with Crippen LogP contribution in [0.4, 0.5) is 0 Å². The third-order valence-electron chi connectivity index (χ3n) is 3.48. The Morgan fingerprint density at radius 2 is 2.14 bits per heavy atom. The molecule has 2 aromatic rings. The molecule has 0 amide bonds. The van der Waals surface area contributed by atoms with Gasteiger partial charge in [-0.1, -0.05) is 29.8 Å². The van der Waals surface area contributed by atoms with Gasteiger partial charge in [0.1, 0.15) is 24.2 Å². The standard InChI is InChI=1S/C17H15ClO3/c1-11(19)12-6-7-17(15(18)9-12)20-10-14-8-13-4-2-3-5-16(13)21-14/h2-7,9,14H,8,10H2,1H3. The number of rotatable bonds is 4. The Labute approximate surface area is 128 Å². The van der Waals surface area contributed by atoms with Crippen molar-refractivity contribution in [3.8, 4) is 11.5 Å². The van der Waals surface area contributed by atoms with Gasteiger partial charge in [-0.25, -0.2) is 0 Å². The third-order valence-corrected chi connectivity index (χ3v) is 3.77. The van der Waals surface area contributed by atoms with Crippen LogP contribution in [0, 0.1) is 0 Å². The third kappa shape index (κ3) is 3.03. The second-order valence-corrected chi connectivity index (χ2v) is 5.47. The zero-order chi connectivity index (χ0) is 14.8. The molecule has 0 radical (unpaired) electrons. The molecule has 1 atom stereocenters. The first kappa shape index (κ1) is 14.0. The van der Waals surface area contributed by atoms with E-state index in [9.17, 15) is 4.79 Å². The van der Waals surface area contributed by atoms with Crippen molar-refractivity contribution in [2.24, 2.45) is 0 Å². The highest BCUT2D eigenvalue weighted by Crippen LogP contribution is 2.30. The van der Waals surface area contributed by atoms with Crippen LogP contribution in [0.25, 0.3) is 0 Å². The van der Waals surface area contributed by atoms with Gasteiger partial charge in [-0.3, -0.25) is 4.79 Å². The summed E-state index contributed by atoms with van der Waals surface area (Å²) in [4.78, 5) is 11.3. The zero-order valence-electron chi connectivity index (χ0n) is 11.6. The molecule has 4 heteroatoms. The molecular weight excluding hydrogens is 288 g/mol. The number of hydrogen-bond donors (Lipinski definition) is 0. The second-order valence-electron chi connectivity index (χ2n) is 5.06. The highest BCUT2D eigenvalue weighted by atomic mass is 35.5. The Morgan fingerprint density at radius 3 is 2.86 bits per heavy atom. The van der Waals surface area contributed by atoms with E-state index in [1.807, 2.05) is 18.2 Å². The predicted molar refractivity (Wildman–Crippen MR) is 81.5 cm³/mol. The Balaban J connectivity index is 1.63. The Hall–Kier alpha value is -2.00. The van der Waals surface area contributed by atoms with Gasteiger partial charge in [0.15, 0.2) is 5.78 Å². The minimum absolute atomic E-state index is 0.00838. The Kier molecular flexibility index (Phi) is 3.84. The van der Waals surface area contributed by atoms with Crippen molar-refractivity contribution >= 4 is 17.4 Å². The molecule has 0 aliphatic carbocycles. The molecule has 1 aliphatic heterocycles. The first-order valence-corrected chi connectivity index (χ1v) is 7.19. The molecule has 21 heavy (non-hydrogen) atoms. The van der Waals surface area contributed by atoms with E-state index in [0.717, 1.165) is 12.2 Å². The van der Waals surface area contributed by atoms with E-state index < -0.39 is 0 Å². The molecule has 2 aromatic carbocycles. The summed E-state index contributed by atoms with van der Waals surface area (Å²) < 4.78 is 11.5. The van der Waals surface area contributed by atoms with Crippen molar-refractivity contribution in [3.63, 3.8) is 0 Å². The number of carbonyl (C=O) groups is 1. The molecule has 3 nitrogen and oxygen atoms in total. The van der Waals surface area contributed by atoms with E-state index in [0.29, 0.717) is 22.9 Å². The molecule has 108 valence electrons. The van der Waals surface area contributed by atoms with Crippen LogP contribution in [0.2, 0.25) is 5.02 Å². The zero-order valence-corrected chi connectivity index (χ0v) is 12.4. The SMILES string of the molecule is CC(=O)c1ccc(OCC2Cc3ccccc3O2)c(Cl)c1. The quantitative estimate of drug-likeness (QED) is 0.803. The highest BCUT2D eigenvalue weighted by Gasteiger charge is 2.23. The molecule has 1 heterocycles. The van der Waals surface area contributed by atoms with Crippen molar-refractivity contribution in [2.75, 3.05) is 6.61 Å². The van der Waals surface area contributed by atoms with Crippen molar-refractivity contribution < 1.29 is 14.3 Å². The van der Waals surface area contributed by atoms with Crippen molar-refractivity contribution in [3.05, 3.63) is 58.6 Å². The summed E-state index contributed by atoms with van der Waals surface area (Å²) in [6, 6.07) is 13.1. The fourth-order valence-electron chi connectivity index (χ4n) is 2.37. The smallest absolute Gasteiger partial charge is 0.159 e. The average Bonchev–Trinajstić information content (AvgIpc) is 2.88. The molecular formula is C17H15ClO3. The summed E-state index contributed by atoms with van der Waals surface area (Å²) >= 11 is 6.13. The molecule has 0 aromatic heterocycles. The molecule has 0 saturated heterocycles. The monoisotopic (exact) mass is 302 g/mol. The lowest BCUT2D eigenvalue weighted by Crippen LogP contribution is -2.22. The van der Waals surface area contributed by atoms with Gasteiger partial charge >= 0.3 is 0 Å². The van der Waals surface area contributed by atoms with Crippen LogP contribution in [0.5, 0.6) is 11.5 Å². The summed E-state index contributed by atoms with van der Waals surface area (Å²) in [5, 5.41) is 0.443. The lowest BCUT2D eigenvalue weighted by atomic mass is 10.1. The summed E-state index contributed by atoms with van der Waals surface area (Å²) in [7, 11) is 0. The molecule has 0 N–H and O–H groups in total. The van der Waals surface area contributed by atoms with Crippen LogP contribution in [-0.4, -0.2) is 18.5 Å². The molecule has 0 bridgehead atoms. The fourth-order valence-corrected chi connectivity index (χ4v) is 2.60. The van der Waals surface area contributed by atoms with E-state index >= 15 is 0 Å². The number of fused-ring (bicyclic) bond motifs is 1. The van der Waals surface area contributed by atoms with Gasteiger partial charge in [0.2, 0.25) is 0 Å². The second kappa shape index (κ2) is 5.78. The van der Waals surface area contributed by atoms with E-state index in [-0.39, 0.29) is 11.9 Å². The van der Waals surface area contributed by atoms with Gasteiger partial charge in [-0.2, -0.15) is 0 Å². The van der Waals surface area contributed by atoms with Gasteiger partial charge in [-0.05, 0) is 36.8 Å². The molecule has 3 rings (SSSR count). The van der Waals surface area contributed by atoms with Crippen LogP contribution >= 0.6 is 11.6 Å². The minimum atomic E-state index is -0.0157. The summed E-state index contributed by atoms with van der Waals surface area (Å²) in [6.07, 6.45) is 0.824. The molecule has 0 saturated carbocycles. The molecule has 0 spiro atoms.